The van der Waals surface area contributed by atoms with E-state index >= 15 is 0 Å². The molecular formula is C47H74N8O11S. The normalized spacial score (nSPS) is 19.1. The second-order valence-electron chi connectivity index (χ2n) is 17.7. The highest BCUT2D eigenvalue weighted by Gasteiger charge is 2.43. The summed E-state index contributed by atoms with van der Waals surface area (Å²) < 4.78 is 6.53. The minimum atomic E-state index is -1.30. The number of ether oxygens (including phenoxy) is 1. The smallest absolute Gasteiger partial charge is 0.351 e. The van der Waals surface area contributed by atoms with Crippen LogP contribution in [0.4, 0.5) is 17.6 Å². The fourth-order valence-corrected chi connectivity index (χ4v) is 9.42. The van der Waals surface area contributed by atoms with E-state index in [0.29, 0.717) is 41.5 Å². The molecule has 0 aliphatic carbocycles. The Bertz CT molecular complexity index is 2110. The van der Waals surface area contributed by atoms with Crippen LogP contribution in [0, 0.1) is 12.8 Å². The number of amides is 1. The van der Waals surface area contributed by atoms with Crippen LogP contribution in [0.25, 0.3) is 0 Å². The highest BCUT2D eigenvalue weighted by atomic mass is 32.1. The molecule has 5 heterocycles. The van der Waals surface area contributed by atoms with Crippen LogP contribution < -0.4 is 32.9 Å². The Labute approximate surface area is 396 Å². The molecule has 5 rings (SSSR count). The van der Waals surface area contributed by atoms with Crippen molar-refractivity contribution < 1.29 is 44.7 Å². The number of aryl methyl sites for hydroxylation is 2. The Morgan fingerprint density at radius 3 is 2.13 bits per heavy atom. The summed E-state index contributed by atoms with van der Waals surface area (Å²) in [5.41, 5.74) is 6.27. The molecule has 3 aromatic heterocycles. The number of hydrogen-bond acceptors (Lipinski definition) is 15. The van der Waals surface area contributed by atoms with Gasteiger partial charge in [0.15, 0.2) is 6.23 Å². The largest absolute Gasteiger partial charge is 0.481 e. The number of carboxylic acid groups (broad SMARTS) is 2. The van der Waals surface area contributed by atoms with Gasteiger partial charge in [-0.05, 0) is 62.6 Å². The van der Waals surface area contributed by atoms with Gasteiger partial charge in [0, 0.05) is 30.6 Å². The molecular weight excluding hydrogens is 885 g/mol. The molecule has 6 atom stereocenters. The minimum absolute atomic E-state index is 0.0767. The number of nitrogens with two attached hydrogens (primary N) is 1. The van der Waals surface area contributed by atoms with Crippen molar-refractivity contribution >= 4 is 46.8 Å². The number of anilines is 3. The Morgan fingerprint density at radius 2 is 1.57 bits per heavy atom. The fraction of sp³-hybridized carbons (Fsp3) is 0.681. The lowest BCUT2D eigenvalue weighted by atomic mass is 9.92. The first kappa shape index (κ1) is 54.7. The summed E-state index contributed by atoms with van der Waals surface area (Å²) in [6.45, 7) is 5.13. The van der Waals surface area contributed by atoms with Crippen molar-refractivity contribution in [3.8, 4) is 0 Å². The van der Waals surface area contributed by atoms with Gasteiger partial charge in [0.2, 0.25) is 5.95 Å². The number of nitrogen functional groups attached to an aromatic ring is 1. The lowest BCUT2D eigenvalue weighted by Gasteiger charge is -2.24. The van der Waals surface area contributed by atoms with E-state index in [9.17, 15) is 44.4 Å². The molecule has 67 heavy (non-hydrogen) atoms. The van der Waals surface area contributed by atoms with E-state index < -0.39 is 60.7 Å². The number of aromatic nitrogens is 4. The molecule has 11 N–H and O–H groups in total. The molecule has 2 aliphatic heterocycles. The number of nitrogens with zero attached hydrogens (tertiary/aromatic N) is 3. The van der Waals surface area contributed by atoms with Crippen molar-refractivity contribution in [2.45, 2.75) is 179 Å². The predicted octanol–water partition coefficient (Wildman–Crippen LogP) is 5.52. The predicted molar refractivity (Wildman–Crippen MR) is 258 cm³/mol. The number of aliphatic carboxylic acids is 2. The van der Waals surface area contributed by atoms with Crippen molar-refractivity contribution in [1.29, 1.82) is 0 Å². The Morgan fingerprint density at radius 1 is 0.940 bits per heavy atom. The first-order valence-corrected chi connectivity index (χ1v) is 25.0. The SMILES string of the molecule is CCCCCCCCCCCCCCCCCCNc1ccn(C2OC(CO)C(O)C2O)c(=O)n1.Cc1cc(C(=O)NC(CCC(=O)O)C(=O)O)sc1CCC1CNc2nc(N)[nH]c(=O)c2C1. The number of carbonyl (C=O) groups is 3. The number of hydrogen-bond donors (Lipinski definition) is 10. The molecule has 20 heteroatoms. The number of H-pyrrole nitrogens is 1. The molecule has 0 saturated carbocycles. The van der Waals surface area contributed by atoms with Gasteiger partial charge >= 0.3 is 17.6 Å². The van der Waals surface area contributed by atoms with Crippen LogP contribution in [0.2, 0.25) is 0 Å². The van der Waals surface area contributed by atoms with Crippen molar-refractivity contribution in [3.05, 3.63) is 60.0 Å². The van der Waals surface area contributed by atoms with Gasteiger partial charge in [-0.15, -0.1) is 11.3 Å². The number of thiophene rings is 1. The van der Waals surface area contributed by atoms with E-state index in [0.717, 1.165) is 40.8 Å². The number of nitrogens with one attached hydrogen (secondary N) is 4. The van der Waals surface area contributed by atoms with Crippen LogP contribution in [0.3, 0.4) is 0 Å². The highest BCUT2D eigenvalue weighted by molar-refractivity contribution is 7.14. The monoisotopic (exact) mass is 959 g/mol. The van der Waals surface area contributed by atoms with Crippen LogP contribution in [0.1, 0.15) is 161 Å². The second-order valence-corrected chi connectivity index (χ2v) is 18.9. The maximum atomic E-state index is 12.5. The number of unbranched alkanes of at least 4 members (excludes halogenated alkanes) is 15. The average Bonchev–Trinajstić information content (AvgIpc) is 3.82. The Kier molecular flexibility index (Phi) is 23.8. The number of fused-ring (bicyclic) bond motifs is 1. The molecule has 0 aromatic carbocycles. The molecule has 1 saturated heterocycles. The summed E-state index contributed by atoms with van der Waals surface area (Å²) in [7, 11) is 0. The summed E-state index contributed by atoms with van der Waals surface area (Å²) >= 11 is 1.29. The zero-order valence-corrected chi connectivity index (χ0v) is 40.0. The number of aliphatic hydroxyl groups excluding tert-OH is 3. The molecule has 2 aliphatic rings. The third kappa shape index (κ3) is 18.3. The lowest BCUT2D eigenvalue weighted by molar-refractivity contribution is -0.140. The van der Waals surface area contributed by atoms with Crippen LogP contribution in [-0.4, -0.2) is 107 Å². The van der Waals surface area contributed by atoms with Crippen LogP contribution >= 0.6 is 11.3 Å². The molecule has 19 nitrogen and oxygen atoms in total. The van der Waals surface area contributed by atoms with E-state index in [1.54, 1.807) is 12.1 Å². The molecule has 1 amide bonds. The third-order valence-electron chi connectivity index (χ3n) is 12.3. The molecule has 0 radical (unpaired) electrons. The molecule has 0 spiro atoms. The maximum absolute atomic E-state index is 12.5. The van der Waals surface area contributed by atoms with Gasteiger partial charge in [0.25, 0.3) is 11.5 Å². The first-order chi connectivity index (χ1) is 32.2. The van der Waals surface area contributed by atoms with Crippen LogP contribution in [0.5, 0.6) is 0 Å². The average molecular weight is 959 g/mol. The number of aliphatic hydroxyl groups is 3. The fourth-order valence-electron chi connectivity index (χ4n) is 8.33. The zero-order valence-electron chi connectivity index (χ0n) is 39.2. The molecule has 6 unspecified atom stereocenters. The number of carboxylic acids is 2. The molecule has 0 bridgehead atoms. The third-order valence-corrected chi connectivity index (χ3v) is 13.6. The topological polar surface area (TPSA) is 304 Å². The van der Waals surface area contributed by atoms with Crippen LogP contribution in [0.15, 0.2) is 27.9 Å². The Hall–Kier alpha value is -4.89. The van der Waals surface area contributed by atoms with E-state index in [4.69, 9.17) is 15.6 Å². The number of rotatable bonds is 29. The van der Waals surface area contributed by atoms with E-state index in [-0.39, 0.29) is 30.3 Å². The van der Waals surface area contributed by atoms with Crippen molar-refractivity contribution in [2.24, 2.45) is 5.92 Å². The molecule has 1 fully saturated rings. The summed E-state index contributed by atoms with van der Waals surface area (Å²) in [5.74, 6) is -1.65. The summed E-state index contributed by atoms with van der Waals surface area (Å²) in [4.78, 5) is 71.0. The van der Waals surface area contributed by atoms with Gasteiger partial charge in [0.05, 0.1) is 17.0 Å². The summed E-state index contributed by atoms with van der Waals surface area (Å²) in [6, 6.07) is 2.10. The highest BCUT2D eigenvalue weighted by Crippen LogP contribution is 2.29. The van der Waals surface area contributed by atoms with Gasteiger partial charge in [-0.2, -0.15) is 9.97 Å². The molecule has 3 aromatic rings. The van der Waals surface area contributed by atoms with Gasteiger partial charge in [-0.25, -0.2) is 9.59 Å². The van der Waals surface area contributed by atoms with Gasteiger partial charge in [-0.1, -0.05) is 103 Å². The van der Waals surface area contributed by atoms with Crippen molar-refractivity contribution in [3.63, 3.8) is 0 Å². The quantitative estimate of drug-likeness (QED) is 0.0383. The maximum Gasteiger partial charge on any atom is 0.351 e. The minimum Gasteiger partial charge on any atom is -0.481 e. The summed E-state index contributed by atoms with van der Waals surface area (Å²) in [5, 5.41) is 55.8. The van der Waals surface area contributed by atoms with Gasteiger partial charge in [-0.3, -0.25) is 23.9 Å². The summed E-state index contributed by atoms with van der Waals surface area (Å²) in [6.07, 6.45) is 19.8. The van der Waals surface area contributed by atoms with E-state index in [1.807, 2.05) is 6.92 Å². The zero-order chi connectivity index (χ0) is 48.7. The number of carbonyl (C=O) groups excluding carboxylic acids is 1. The lowest BCUT2D eigenvalue weighted by Crippen LogP contribution is -2.40. The van der Waals surface area contributed by atoms with Crippen molar-refractivity contribution in [2.75, 3.05) is 36.1 Å². The van der Waals surface area contributed by atoms with Crippen LogP contribution in [-0.2, 0) is 27.2 Å². The Balaban J connectivity index is 0.000000293. The second kappa shape index (κ2) is 29.1. The van der Waals surface area contributed by atoms with Gasteiger partial charge in [0.1, 0.15) is 36.0 Å². The number of aromatic amines is 1. The molecule has 374 valence electrons. The van der Waals surface area contributed by atoms with E-state index in [2.05, 4.69) is 37.8 Å². The first-order valence-electron chi connectivity index (χ1n) is 24.1. The van der Waals surface area contributed by atoms with Gasteiger partial charge < -0.3 is 52.0 Å². The standard InChI is InChI=1S/C27H49N3O5.C20H25N5O6S/c1-2-3-4-5-6-7-8-9-10-11-12-13-14-15-16-17-19-28-23-18-20-30(27(34)29-23)26-25(33)24(32)22(21-31)35-26;1-9-6-14(18(29)23-12(19(30)31)3-5-15(26)27)32-13(9)4-2-10-7-11-16(22-8-10)24-20(21)25-17(11)28/h18,20,22,24-26,31-33H,2-17,19,21H2,1H3,(H,28,29,34);6,10,12H,2-5,7-8H2,1H3,(H,23,29)(H,26,27)(H,30,31)(H4,21,22,24,25,28). The van der Waals surface area contributed by atoms with Crippen molar-refractivity contribution in [1.82, 2.24) is 24.8 Å². The van der Waals surface area contributed by atoms with E-state index in [1.165, 1.54) is 107 Å².